The number of benzene rings is 1. The van der Waals surface area contributed by atoms with Gasteiger partial charge in [0.15, 0.2) is 19.7 Å². The number of rotatable bonds is 11. The lowest BCUT2D eigenvalue weighted by Gasteiger charge is -2.28. The van der Waals surface area contributed by atoms with Crippen molar-refractivity contribution in [2.45, 2.75) is 117 Å². The first-order chi connectivity index (χ1) is 21.8. The predicted molar refractivity (Wildman–Crippen MR) is 192 cm³/mol. The first kappa shape index (κ1) is 41.4. The summed E-state index contributed by atoms with van der Waals surface area (Å²) in [6, 6.07) is 9.20. The number of ether oxygens (including phenoxy) is 1. The zero-order valence-corrected chi connectivity index (χ0v) is 32.3. The molecule has 0 aliphatic carbocycles. The van der Waals surface area contributed by atoms with Gasteiger partial charge in [-0.25, -0.2) is 16.8 Å². The minimum atomic E-state index is -3.58. The van der Waals surface area contributed by atoms with Gasteiger partial charge in [-0.05, 0) is 87.8 Å². The van der Waals surface area contributed by atoms with Crippen LogP contribution in [0.5, 0.6) is 0 Å². The molecule has 2 N–H and O–H groups in total. The smallest absolute Gasteiger partial charge is 0.247 e. The van der Waals surface area contributed by atoms with Crippen LogP contribution < -0.4 is 10.6 Å². The van der Waals surface area contributed by atoms with Crippen molar-refractivity contribution in [1.29, 1.82) is 0 Å². The van der Waals surface area contributed by atoms with Crippen LogP contribution in [0.4, 0.5) is 11.6 Å². The molecular formula is C35H57N3O8S2. The summed E-state index contributed by atoms with van der Waals surface area (Å²) in [5.74, 6) is -0.873. The molecule has 0 atom stereocenters. The Morgan fingerprint density at radius 2 is 1.40 bits per heavy atom. The maximum Gasteiger partial charge on any atom is 0.247 e. The van der Waals surface area contributed by atoms with Crippen molar-refractivity contribution in [3.63, 3.8) is 0 Å². The highest BCUT2D eigenvalue weighted by Gasteiger charge is 2.43. The van der Waals surface area contributed by atoms with E-state index in [1.54, 1.807) is 19.1 Å². The van der Waals surface area contributed by atoms with Crippen molar-refractivity contribution >= 4 is 43.1 Å². The van der Waals surface area contributed by atoms with Gasteiger partial charge in [0.05, 0.1) is 17.2 Å². The summed E-state index contributed by atoms with van der Waals surface area (Å²) in [7, 11) is -7.11. The minimum Gasteiger partial charge on any atom is -0.381 e. The monoisotopic (exact) mass is 711 g/mol. The van der Waals surface area contributed by atoms with E-state index in [9.17, 15) is 26.4 Å². The van der Waals surface area contributed by atoms with E-state index in [4.69, 9.17) is 9.26 Å². The lowest BCUT2D eigenvalue weighted by Crippen LogP contribution is -2.47. The normalized spacial score (nSPS) is 15.3. The summed E-state index contributed by atoms with van der Waals surface area (Å²) in [6.45, 7) is 21.2. The van der Waals surface area contributed by atoms with Gasteiger partial charge in [-0.2, -0.15) is 0 Å². The molecule has 1 aliphatic rings. The molecule has 2 amide bonds. The van der Waals surface area contributed by atoms with E-state index in [-0.39, 0.29) is 34.1 Å². The molecule has 3 rings (SSSR count). The number of hydrogen-bond acceptors (Lipinski definition) is 9. The third-order valence-electron chi connectivity index (χ3n) is 8.41. The molecule has 2 heterocycles. The van der Waals surface area contributed by atoms with Crippen molar-refractivity contribution < 1.29 is 35.7 Å². The van der Waals surface area contributed by atoms with Crippen molar-refractivity contribution in [2.75, 3.05) is 35.4 Å². The number of anilines is 2. The van der Waals surface area contributed by atoms with Crippen LogP contribution in [-0.4, -0.2) is 68.0 Å². The molecule has 1 fully saturated rings. The lowest BCUT2D eigenvalue weighted by molar-refractivity contribution is -0.118. The third kappa shape index (κ3) is 11.4. The van der Waals surface area contributed by atoms with E-state index < -0.39 is 41.0 Å². The number of nitrogens with one attached hydrogen (secondary N) is 2. The van der Waals surface area contributed by atoms with Crippen LogP contribution >= 0.6 is 0 Å². The van der Waals surface area contributed by atoms with E-state index in [1.807, 2.05) is 18.2 Å². The Labute approximate surface area is 288 Å². The minimum absolute atomic E-state index is 0.0266. The molecule has 13 heteroatoms. The number of sulfone groups is 2. The molecule has 0 saturated carbocycles. The van der Waals surface area contributed by atoms with E-state index in [2.05, 4.69) is 57.3 Å². The average molecular weight is 712 g/mol. The summed E-state index contributed by atoms with van der Waals surface area (Å²) in [5, 5.41) is 9.20. The maximum atomic E-state index is 12.9. The summed E-state index contributed by atoms with van der Waals surface area (Å²) >= 11 is 0. The van der Waals surface area contributed by atoms with Crippen molar-refractivity contribution in [3.8, 4) is 0 Å². The van der Waals surface area contributed by atoms with Crippen LogP contribution in [0.1, 0.15) is 107 Å². The number of amides is 2. The second-order valence-electron chi connectivity index (χ2n) is 15.8. The first-order valence-electron chi connectivity index (χ1n) is 16.5. The van der Waals surface area contributed by atoms with Crippen LogP contribution in [0.25, 0.3) is 0 Å². The Bertz CT molecular complexity index is 1610. The molecule has 0 radical (unpaired) electrons. The molecule has 1 aliphatic heterocycles. The fourth-order valence-corrected chi connectivity index (χ4v) is 7.93. The molecule has 1 aromatic heterocycles. The van der Waals surface area contributed by atoms with Gasteiger partial charge in [-0.1, -0.05) is 65.8 Å². The van der Waals surface area contributed by atoms with Crippen LogP contribution in [0.2, 0.25) is 0 Å². The van der Waals surface area contributed by atoms with Gasteiger partial charge in [0.1, 0.15) is 9.49 Å². The average Bonchev–Trinajstić information content (AvgIpc) is 3.38. The topological polar surface area (TPSA) is 162 Å². The fraction of sp³-hybridized carbons (Fsp3) is 0.686. The van der Waals surface area contributed by atoms with Crippen molar-refractivity contribution in [3.05, 3.63) is 41.6 Å². The Hall–Kier alpha value is -2.77. The van der Waals surface area contributed by atoms with Crippen molar-refractivity contribution in [2.24, 2.45) is 11.3 Å². The Morgan fingerprint density at radius 3 is 1.94 bits per heavy atom. The molecule has 2 aromatic rings. The second-order valence-corrected chi connectivity index (χ2v) is 21.1. The Morgan fingerprint density at radius 1 is 0.833 bits per heavy atom. The SMILES string of the molecule is CC(C)(C)c1cccc(NC(=O)C(C)(C)S(=O)(=O)CC2CCOCC2)c1.CCCS(=O)(=O)C(C)(C)C(=O)Nc1cc(CC(C)(C)C)no1. The van der Waals surface area contributed by atoms with Gasteiger partial charge in [0.2, 0.25) is 17.7 Å². The molecule has 272 valence electrons. The molecule has 48 heavy (non-hydrogen) atoms. The molecular weight excluding hydrogens is 655 g/mol. The fourth-order valence-electron chi connectivity index (χ4n) is 4.84. The third-order valence-corrected chi connectivity index (χ3v) is 13.7. The molecule has 0 bridgehead atoms. The first-order valence-corrected chi connectivity index (χ1v) is 19.8. The van der Waals surface area contributed by atoms with E-state index in [0.717, 1.165) is 24.1 Å². The second kappa shape index (κ2) is 15.8. The lowest BCUT2D eigenvalue weighted by atomic mass is 9.87. The number of aromatic nitrogens is 1. The number of carbonyl (C=O) groups excluding carboxylic acids is 2. The predicted octanol–water partition coefficient (Wildman–Crippen LogP) is 6.35. The number of hydrogen-bond donors (Lipinski definition) is 2. The van der Waals surface area contributed by atoms with Gasteiger partial charge in [0.25, 0.3) is 0 Å². The van der Waals surface area contributed by atoms with Gasteiger partial charge in [0, 0.05) is 25.0 Å². The van der Waals surface area contributed by atoms with Gasteiger partial charge in [-0.3, -0.25) is 14.9 Å². The highest BCUT2D eigenvalue weighted by molar-refractivity contribution is 7.93. The van der Waals surface area contributed by atoms with Crippen LogP contribution in [0.3, 0.4) is 0 Å². The molecule has 1 saturated heterocycles. The quantitative estimate of drug-likeness (QED) is 0.271. The highest BCUT2D eigenvalue weighted by atomic mass is 32.2. The van der Waals surface area contributed by atoms with Crippen LogP contribution in [0, 0.1) is 11.3 Å². The van der Waals surface area contributed by atoms with Gasteiger partial charge in [-0.15, -0.1) is 0 Å². The number of nitrogens with zero attached hydrogens (tertiary/aromatic N) is 1. The van der Waals surface area contributed by atoms with E-state index in [1.165, 1.54) is 27.7 Å². The highest BCUT2D eigenvalue weighted by Crippen LogP contribution is 2.29. The number of carbonyl (C=O) groups is 2. The summed E-state index contributed by atoms with van der Waals surface area (Å²) in [5.41, 5.74) is 2.42. The zero-order chi connectivity index (χ0) is 36.8. The Kier molecular flexibility index (Phi) is 13.7. The molecule has 0 unspecified atom stereocenters. The zero-order valence-electron chi connectivity index (χ0n) is 30.7. The van der Waals surface area contributed by atoms with Gasteiger partial charge < -0.3 is 14.6 Å². The maximum absolute atomic E-state index is 12.9. The van der Waals surface area contributed by atoms with Crippen LogP contribution in [-0.2, 0) is 45.8 Å². The van der Waals surface area contributed by atoms with Gasteiger partial charge >= 0.3 is 0 Å². The van der Waals surface area contributed by atoms with Crippen LogP contribution in [0.15, 0.2) is 34.9 Å². The summed E-state index contributed by atoms with van der Waals surface area (Å²) < 4.78 is 57.5. The largest absolute Gasteiger partial charge is 0.381 e. The molecule has 0 spiro atoms. The standard InChI is InChI=1S/C20H31NO4S.C15H26N2O4S/c1-19(2,3)16-7-6-8-17(13-16)21-18(22)20(4,5)26(23,24)14-15-9-11-25-12-10-15;1-7-8-22(19,20)15(5,6)13(18)16-12-9-11(17-21-12)10-14(2,3)4/h6-8,13,15H,9-12,14H2,1-5H3,(H,21,22);9H,7-8,10H2,1-6H3,(H,16,18). The van der Waals surface area contributed by atoms with E-state index in [0.29, 0.717) is 31.7 Å². The molecule has 11 nitrogen and oxygen atoms in total. The molecule has 1 aromatic carbocycles. The van der Waals surface area contributed by atoms with Crippen molar-refractivity contribution in [1.82, 2.24) is 5.16 Å². The Balaban J connectivity index is 0.000000339. The summed E-state index contributed by atoms with van der Waals surface area (Å²) in [6.07, 6.45) is 2.62. The van der Waals surface area contributed by atoms with E-state index >= 15 is 0 Å². The summed E-state index contributed by atoms with van der Waals surface area (Å²) in [4.78, 5) is 25.0.